The van der Waals surface area contributed by atoms with Gasteiger partial charge in [0.05, 0.1) is 26.0 Å². The summed E-state index contributed by atoms with van der Waals surface area (Å²) in [6.07, 6.45) is -0.00874. The molecule has 2 aromatic rings. The van der Waals surface area contributed by atoms with E-state index < -0.39 is 23.2 Å². The Kier molecular flexibility index (Phi) is 6.43. The van der Waals surface area contributed by atoms with Crippen LogP contribution in [0.2, 0.25) is 5.02 Å². The molecule has 0 unspecified atom stereocenters. The summed E-state index contributed by atoms with van der Waals surface area (Å²) in [5.74, 6) is 0.940. The summed E-state index contributed by atoms with van der Waals surface area (Å²) in [7, 11) is 1.54. The van der Waals surface area contributed by atoms with Crippen molar-refractivity contribution in [1.29, 1.82) is 0 Å². The molecule has 1 aromatic heterocycles. The second-order valence-electron chi connectivity index (χ2n) is 8.24. The minimum atomic E-state index is -0.997. The Morgan fingerprint density at radius 1 is 1.30 bits per heavy atom. The van der Waals surface area contributed by atoms with Crippen LogP contribution in [0.4, 0.5) is 4.79 Å². The number of hydrogen-bond donors (Lipinski definition) is 1. The van der Waals surface area contributed by atoms with Crippen LogP contribution in [0.25, 0.3) is 0 Å². The van der Waals surface area contributed by atoms with Gasteiger partial charge in [0.2, 0.25) is 0 Å². The number of rotatable bonds is 5. The van der Waals surface area contributed by atoms with Crippen molar-refractivity contribution in [3.05, 3.63) is 53.3 Å². The predicted molar refractivity (Wildman–Crippen MR) is 113 cm³/mol. The van der Waals surface area contributed by atoms with Gasteiger partial charge in [0.15, 0.2) is 17.6 Å². The lowest BCUT2D eigenvalue weighted by Crippen LogP contribution is -2.63. The SMILES string of the molecule is COc1cc(Cl)ccc1O[C@@H](c1ccccn1)[C@]1(C(C)(C)C)CN(C(=O)O)CCO1. The van der Waals surface area contributed by atoms with E-state index in [1.807, 2.05) is 39.0 Å². The van der Waals surface area contributed by atoms with Gasteiger partial charge in [-0.2, -0.15) is 0 Å². The van der Waals surface area contributed by atoms with Crippen LogP contribution in [-0.4, -0.2) is 53.5 Å². The largest absolute Gasteiger partial charge is 0.493 e. The molecule has 1 aliphatic heterocycles. The van der Waals surface area contributed by atoms with Crippen LogP contribution in [0.3, 0.4) is 0 Å². The third-order valence-corrected chi connectivity index (χ3v) is 5.67. The summed E-state index contributed by atoms with van der Waals surface area (Å²) in [5.41, 5.74) is -0.845. The molecule has 0 saturated carbocycles. The number of amides is 1. The zero-order chi connectivity index (χ0) is 21.9. The Labute approximate surface area is 181 Å². The Bertz CT molecular complexity index is 887. The number of hydrogen-bond acceptors (Lipinski definition) is 5. The fourth-order valence-corrected chi connectivity index (χ4v) is 3.87. The smallest absolute Gasteiger partial charge is 0.407 e. The summed E-state index contributed by atoms with van der Waals surface area (Å²) in [4.78, 5) is 17.7. The fourth-order valence-electron chi connectivity index (χ4n) is 3.71. The number of pyridine rings is 1. The fraction of sp³-hybridized carbons (Fsp3) is 0.455. The molecule has 1 aliphatic rings. The third-order valence-electron chi connectivity index (χ3n) is 5.44. The van der Waals surface area contributed by atoms with Crippen molar-refractivity contribution < 1.29 is 24.1 Å². The predicted octanol–water partition coefficient (Wildman–Crippen LogP) is 4.66. The van der Waals surface area contributed by atoms with E-state index in [-0.39, 0.29) is 13.2 Å². The van der Waals surface area contributed by atoms with Gasteiger partial charge >= 0.3 is 6.09 Å². The molecule has 2 heterocycles. The zero-order valence-corrected chi connectivity index (χ0v) is 18.3. The molecule has 2 atom stereocenters. The topological polar surface area (TPSA) is 81.1 Å². The van der Waals surface area contributed by atoms with Crippen LogP contribution in [0, 0.1) is 5.41 Å². The lowest BCUT2D eigenvalue weighted by molar-refractivity contribution is -0.208. The van der Waals surface area contributed by atoms with Gasteiger partial charge in [-0.1, -0.05) is 38.4 Å². The lowest BCUT2D eigenvalue weighted by atomic mass is 9.70. The Hall–Kier alpha value is -2.51. The van der Waals surface area contributed by atoms with Crippen molar-refractivity contribution in [2.75, 3.05) is 26.8 Å². The maximum atomic E-state index is 11.8. The number of halogens is 1. The first-order chi connectivity index (χ1) is 14.2. The van der Waals surface area contributed by atoms with Crippen LogP contribution in [0.1, 0.15) is 32.6 Å². The zero-order valence-electron chi connectivity index (χ0n) is 17.6. The Morgan fingerprint density at radius 2 is 2.07 bits per heavy atom. The van der Waals surface area contributed by atoms with Gasteiger partial charge in [-0.25, -0.2) is 4.79 Å². The first-order valence-electron chi connectivity index (χ1n) is 9.71. The number of carbonyl (C=O) groups is 1. The quantitative estimate of drug-likeness (QED) is 0.737. The molecular formula is C22H27ClN2O5. The van der Waals surface area contributed by atoms with Gasteiger partial charge in [0.1, 0.15) is 5.60 Å². The summed E-state index contributed by atoms with van der Waals surface area (Å²) in [6.45, 7) is 6.73. The van der Waals surface area contributed by atoms with E-state index >= 15 is 0 Å². The molecule has 1 amide bonds. The summed E-state index contributed by atoms with van der Waals surface area (Å²) in [5, 5.41) is 10.2. The van der Waals surface area contributed by atoms with E-state index in [4.69, 9.17) is 25.8 Å². The molecule has 30 heavy (non-hydrogen) atoms. The van der Waals surface area contributed by atoms with E-state index in [0.717, 1.165) is 0 Å². The van der Waals surface area contributed by atoms with Crippen LogP contribution in [0.15, 0.2) is 42.6 Å². The normalized spacial score (nSPS) is 20.5. The molecule has 8 heteroatoms. The van der Waals surface area contributed by atoms with Gasteiger partial charge in [0, 0.05) is 23.8 Å². The maximum absolute atomic E-state index is 11.8. The van der Waals surface area contributed by atoms with Crippen molar-refractivity contribution in [1.82, 2.24) is 9.88 Å². The highest BCUT2D eigenvalue weighted by molar-refractivity contribution is 6.30. The Morgan fingerprint density at radius 3 is 2.67 bits per heavy atom. The van der Waals surface area contributed by atoms with Crippen molar-refractivity contribution in [3.8, 4) is 11.5 Å². The molecule has 1 aromatic carbocycles. The lowest BCUT2D eigenvalue weighted by Gasteiger charge is -2.52. The molecule has 0 bridgehead atoms. The van der Waals surface area contributed by atoms with E-state index in [2.05, 4.69) is 4.98 Å². The molecule has 1 saturated heterocycles. The Balaban J connectivity index is 2.14. The van der Waals surface area contributed by atoms with Gasteiger partial charge in [-0.3, -0.25) is 4.98 Å². The number of morpholine rings is 1. The van der Waals surface area contributed by atoms with Crippen LogP contribution in [0.5, 0.6) is 11.5 Å². The molecule has 162 valence electrons. The summed E-state index contributed by atoms with van der Waals surface area (Å²) < 4.78 is 18.3. The van der Waals surface area contributed by atoms with Crippen LogP contribution in [-0.2, 0) is 4.74 Å². The molecule has 1 fully saturated rings. The van der Waals surface area contributed by atoms with E-state index in [9.17, 15) is 9.90 Å². The number of nitrogens with zero attached hydrogens (tertiary/aromatic N) is 2. The molecule has 3 rings (SSSR count). The van der Waals surface area contributed by atoms with Crippen molar-refractivity contribution in [2.45, 2.75) is 32.5 Å². The van der Waals surface area contributed by atoms with Gasteiger partial charge in [0.25, 0.3) is 0 Å². The number of ether oxygens (including phenoxy) is 3. The van der Waals surface area contributed by atoms with Crippen molar-refractivity contribution in [2.24, 2.45) is 5.41 Å². The number of carboxylic acid groups (broad SMARTS) is 1. The summed E-state index contributed by atoms with van der Waals surface area (Å²) in [6, 6.07) is 10.6. The minimum absolute atomic E-state index is 0.142. The molecule has 0 spiro atoms. The molecule has 0 aliphatic carbocycles. The molecule has 7 nitrogen and oxygen atoms in total. The van der Waals surface area contributed by atoms with E-state index in [1.54, 1.807) is 24.4 Å². The van der Waals surface area contributed by atoms with Crippen molar-refractivity contribution >= 4 is 17.7 Å². The van der Waals surface area contributed by atoms with Gasteiger partial charge < -0.3 is 24.2 Å². The number of benzene rings is 1. The second-order valence-corrected chi connectivity index (χ2v) is 8.68. The highest BCUT2D eigenvalue weighted by atomic mass is 35.5. The average Bonchev–Trinajstić information content (AvgIpc) is 2.72. The second kappa shape index (κ2) is 8.70. The van der Waals surface area contributed by atoms with Gasteiger partial charge in [-0.05, 0) is 29.7 Å². The van der Waals surface area contributed by atoms with E-state index in [1.165, 1.54) is 12.0 Å². The summed E-state index contributed by atoms with van der Waals surface area (Å²) >= 11 is 6.11. The molecular weight excluding hydrogens is 408 g/mol. The average molecular weight is 435 g/mol. The highest BCUT2D eigenvalue weighted by Gasteiger charge is 2.55. The first-order valence-corrected chi connectivity index (χ1v) is 10.1. The van der Waals surface area contributed by atoms with Gasteiger partial charge in [-0.15, -0.1) is 0 Å². The highest BCUT2D eigenvalue weighted by Crippen LogP contribution is 2.48. The monoisotopic (exact) mass is 434 g/mol. The van der Waals surface area contributed by atoms with Crippen LogP contribution >= 0.6 is 11.6 Å². The van der Waals surface area contributed by atoms with Crippen molar-refractivity contribution in [3.63, 3.8) is 0 Å². The third kappa shape index (κ3) is 4.32. The first kappa shape index (κ1) is 22.2. The van der Waals surface area contributed by atoms with E-state index in [0.29, 0.717) is 28.8 Å². The van der Waals surface area contributed by atoms with Crippen LogP contribution < -0.4 is 9.47 Å². The minimum Gasteiger partial charge on any atom is -0.493 e. The standard InChI is InChI=1S/C22H27ClN2O5/c1-21(2,3)22(14-25(20(26)27)11-12-29-22)19(16-7-5-6-10-24-16)30-17-9-8-15(23)13-18(17)28-4/h5-10,13,19H,11-12,14H2,1-4H3,(H,26,27)/t19-,22-/m0/s1. The molecule has 1 N–H and O–H groups in total. The number of aromatic nitrogens is 1. The maximum Gasteiger partial charge on any atom is 0.407 e. The molecule has 0 radical (unpaired) electrons. The number of methoxy groups -OCH3 is 1.